The normalized spacial score (nSPS) is 15.5. The van der Waals surface area contributed by atoms with Crippen molar-refractivity contribution in [2.75, 3.05) is 26.7 Å². The lowest BCUT2D eigenvalue weighted by Crippen LogP contribution is -2.47. The summed E-state index contributed by atoms with van der Waals surface area (Å²) in [6, 6.07) is 0.746. The summed E-state index contributed by atoms with van der Waals surface area (Å²) in [5.74, 6) is 0.751. The quantitative estimate of drug-likeness (QED) is 0.606. The predicted molar refractivity (Wildman–Crippen MR) is 87.7 cm³/mol. The molecule has 19 heavy (non-hydrogen) atoms. The van der Waals surface area contributed by atoms with E-state index in [1.807, 2.05) is 0 Å². The molecule has 0 bridgehead atoms. The fraction of sp³-hybridized carbons (Fsp3) is 1.00. The number of hydrogen-bond donors (Lipinski definition) is 1. The first-order chi connectivity index (χ1) is 8.92. The lowest BCUT2D eigenvalue weighted by atomic mass is 9.84. The molecule has 0 radical (unpaired) electrons. The zero-order valence-electron chi connectivity index (χ0n) is 14.6. The van der Waals surface area contributed by atoms with Gasteiger partial charge >= 0.3 is 0 Å². The van der Waals surface area contributed by atoms with Crippen LogP contribution in [0.1, 0.15) is 67.2 Å². The molecule has 0 aliphatic rings. The second kappa shape index (κ2) is 9.77. The third-order valence-corrected chi connectivity index (χ3v) is 4.10. The summed E-state index contributed by atoms with van der Waals surface area (Å²) in [6.45, 7) is 17.7. The Morgan fingerprint density at radius 3 is 2.05 bits per heavy atom. The van der Waals surface area contributed by atoms with Crippen LogP contribution in [-0.2, 0) is 0 Å². The van der Waals surface area contributed by atoms with Crippen LogP contribution in [0, 0.1) is 11.3 Å². The SMILES string of the molecule is CCCC(C)(CNC)CN(CC(C)C)C(CC)CC. The molecule has 0 aromatic heterocycles. The molecule has 0 saturated carbocycles. The lowest BCUT2D eigenvalue weighted by Gasteiger charge is -2.40. The van der Waals surface area contributed by atoms with E-state index in [1.165, 1.54) is 38.8 Å². The third-order valence-electron chi connectivity index (χ3n) is 4.10. The molecule has 0 spiro atoms. The van der Waals surface area contributed by atoms with Crippen LogP contribution in [0.25, 0.3) is 0 Å². The van der Waals surface area contributed by atoms with Crippen LogP contribution in [0.4, 0.5) is 0 Å². The van der Waals surface area contributed by atoms with Gasteiger partial charge in [0.25, 0.3) is 0 Å². The molecule has 0 heterocycles. The zero-order chi connectivity index (χ0) is 14.9. The summed E-state index contributed by atoms with van der Waals surface area (Å²) in [5, 5.41) is 3.40. The minimum atomic E-state index is 0.404. The second-order valence-electron chi connectivity index (χ2n) is 6.88. The molecule has 116 valence electrons. The first kappa shape index (κ1) is 18.9. The Balaban J connectivity index is 4.82. The molecule has 1 unspecified atom stereocenters. The maximum Gasteiger partial charge on any atom is 0.00903 e. The largest absolute Gasteiger partial charge is 0.319 e. The first-order valence-electron chi connectivity index (χ1n) is 8.31. The van der Waals surface area contributed by atoms with Gasteiger partial charge in [0.15, 0.2) is 0 Å². The van der Waals surface area contributed by atoms with Gasteiger partial charge in [0.05, 0.1) is 0 Å². The maximum atomic E-state index is 3.40. The van der Waals surface area contributed by atoms with E-state index in [-0.39, 0.29) is 0 Å². The maximum absolute atomic E-state index is 3.40. The topological polar surface area (TPSA) is 15.3 Å². The summed E-state index contributed by atoms with van der Waals surface area (Å²) in [7, 11) is 2.08. The Morgan fingerprint density at radius 1 is 1.11 bits per heavy atom. The van der Waals surface area contributed by atoms with Crippen LogP contribution < -0.4 is 5.32 Å². The number of nitrogens with one attached hydrogen (secondary N) is 1. The summed E-state index contributed by atoms with van der Waals surface area (Å²) in [6.07, 6.45) is 5.12. The Labute approximate surface area is 122 Å². The van der Waals surface area contributed by atoms with Crippen molar-refractivity contribution >= 4 is 0 Å². The van der Waals surface area contributed by atoms with E-state index in [0.29, 0.717) is 5.41 Å². The standard InChI is InChI=1S/C17H38N2/c1-8-11-17(6,13-18-7)14-19(12-15(4)5)16(9-2)10-3/h15-16,18H,8-14H2,1-7H3. The van der Waals surface area contributed by atoms with E-state index < -0.39 is 0 Å². The van der Waals surface area contributed by atoms with E-state index in [9.17, 15) is 0 Å². The van der Waals surface area contributed by atoms with Crippen molar-refractivity contribution in [1.82, 2.24) is 10.2 Å². The van der Waals surface area contributed by atoms with E-state index in [1.54, 1.807) is 0 Å². The molecule has 0 saturated heterocycles. The van der Waals surface area contributed by atoms with Gasteiger partial charge in [-0.2, -0.15) is 0 Å². The van der Waals surface area contributed by atoms with Crippen molar-refractivity contribution in [3.63, 3.8) is 0 Å². The fourth-order valence-electron chi connectivity index (χ4n) is 3.36. The van der Waals surface area contributed by atoms with Crippen LogP contribution in [-0.4, -0.2) is 37.6 Å². The minimum Gasteiger partial charge on any atom is -0.319 e. The van der Waals surface area contributed by atoms with Gasteiger partial charge in [0, 0.05) is 25.7 Å². The van der Waals surface area contributed by atoms with Gasteiger partial charge in [-0.25, -0.2) is 0 Å². The van der Waals surface area contributed by atoms with E-state index in [2.05, 4.69) is 58.8 Å². The fourth-order valence-corrected chi connectivity index (χ4v) is 3.36. The van der Waals surface area contributed by atoms with Gasteiger partial charge < -0.3 is 5.32 Å². The van der Waals surface area contributed by atoms with Gasteiger partial charge in [-0.15, -0.1) is 0 Å². The van der Waals surface area contributed by atoms with Gasteiger partial charge in [-0.3, -0.25) is 4.90 Å². The molecule has 0 aromatic rings. The molecule has 2 nitrogen and oxygen atoms in total. The van der Waals surface area contributed by atoms with E-state index in [4.69, 9.17) is 0 Å². The van der Waals surface area contributed by atoms with Gasteiger partial charge in [0.1, 0.15) is 0 Å². The van der Waals surface area contributed by atoms with E-state index >= 15 is 0 Å². The highest BCUT2D eigenvalue weighted by atomic mass is 15.2. The zero-order valence-corrected chi connectivity index (χ0v) is 14.6. The molecular formula is C17H38N2. The Hall–Kier alpha value is -0.0800. The molecule has 1 atom stereocenters. The second-order valence-corrected chi connectivity index (χ2v) is 6.88. The molecule has 0 aliphatic carbocycles. The third kappa shape index (κ3) is 7.31. The molecule has 2 heteroatoms. The van der Waals surface area contributed by atoms with Gasteiger partial charge in [-0.1, -0.05) is 48.0 Å². The summed E-state index contributed by atoms with van der Waals surface area (Å²) < 4.78 is 0. The predicted octanol–water partition coefficient (Wildman–Crippen LogP) is 4.16. The summed E-state index contributed by atoms with van der Waals surface area (Å²) in [5.41, 5.74) is 0.404. The monoisotopic (exact) mass is 270 g/mol. The smallest absolute Gasteiger partial charge is 0.00903 e. The van der Waals surface area contributed by atoms with Gasteiger partial charge in [-0.05, 0) is 37.6 Å². The molecule has 1 N–H and O–H groups in total. The van der Waals surface area contributed by atoms with Crippen molar-refractivity contribution in [3.05, 3.63) is 0 Å². The lowest BCUT2D eigenvalue weighted by molar-refractivity contribution is 0.0936. The molecule has 0 aromatic carbocycles. The number of rotatable bonds is 11. The highest BCUT2D eigenvalue weighted by molar-refractivity contribution is 4.83. The van der Waals surface area contributed by atoms with Crippen LogP contribution in [0.2, 0.25) is 0 Å². The first-order valence-corrected chi connectivity index (χ1v) is 8.31. The molecular weight excluding hydrogens is 232 g/mol. The molecule has 0 amide bonds. The minimum absolute atomic E-state index is 0.404. The van der Waals surface area contributed by atoms with Crippen molar-refractivity contribution in [3.8, 4) is 0 Å². The molecule has 0 aliphatic heterocycles. The van der Waals surface area contributed by atoms with Crippen molar-refractivity contribution in [2.24, 2.45) is 11.3 Å². The summed E-state index contributed by atoms with van der Waals surface area (Å²) in [4.78, 5) is 2.75. The Bertz CT molecular complexity index is 203. The van der Waals surface area contributed by atoms with Crippen molar-refractivity contribution < 1.29 is 0 Å². The Morgan fingerprint density at radius 2 is 1.68 bits per heavy atom. The van der Waals surface area contributed by atoms with E-state index in [0.717, 1.165) is 18.5 Å². The van der Waals surface area contributed by atoms with Crippen molar-refractivity contribution in [1.29, 1.82) is 0 Å². The van der Waals surface area contributed by atoms with Crippen LogP contribution >= 0.6 is 0 Å². The van der Waals surface area contributed by atoms with Crippen molar-refractivity contribution in [2.45, 2.75) is 73.3 Å². The summed E-state index contributed by atoms with van der Waals surface area (Å²) >= 11 is 0. The van der Waals surface area contributed by atoms with Crippen LogP contribution in [0.5, 0.6) is 0 Å². The number of nitrogens with zero attached hydrogens (tertiary/aromatic N) is 1. The highest BCUT2D eigenvalue weighted by Crippen LogP contribution is 2.26. The highest BCUT2D eigenvalue weighted by Gasteiger charge is 2.28. The molecule has 0 fully saturated rings. The Kier molecular flexibility index (Phi) is 9.72. The number of hydrogen-bond acceptors (Lipinski definition) is 2. The van der Waals surface area contributed by atoms with Crippen LogP contribution in [0.3, 0.4) is 0 Å². The molecule has 0 rings (SSSR count). The van der Waals surface area contributed by atoms with Gasteiger partial charge in [0.2, 0.25) is 0 Å². The average Bonchev–Trinajstić information content (AvgIpc) is 2.29. The average molecular weight is 271 g/mol. The van der Waals surface area contributed by atoms with Crippen LogP contribution in [0.15, 0.2) is 0 Å².